The van der Waals surface area contributed by atoms with E-state index in [-0.39, 0.29) is 0 Å². The van der Waals surface area contributed by atoms with Gasteiger partial charge in [0.25, 0.3) is 0 Å². The Hall–Kier alpha value is -1.13. The van der Waals surface area contributed by atoms with E-state index in [0.29, 0.717) is 11.0 Å². The molecule has 0 aromatic heterocycles. The number of aryl methyl sites for hydroxylation is 1. The van der Waals surface area contributed by atoms with Gasteiger partial charge in [-0.2, -0.15) is 0 Å². The van der Waals surface area contributed by atoms with E-state index in [0.717, 1.165) is 24.3 Å². The average Bonchev–Trinajstić information content (AvgIpc) is 2.85. The zero-order chi connectivity index (χ0) is 14.7. The van der Waals surface area contributed by atoms with Crippen LogP contribution in [0.15, 0.2) is 18.2 Å². The van der Waals surface area contributed by atoms with Crippen LogP contribution in [-0.4, -0.2) is 42.6 Å². The van der Waals surface area contributed by atoms with Crippen molar-refractivity contribution < 1.29 is 0 Å². The maximum absolute atomic E-state index is 5.88. The molecule has 1 heterocycles. The molecule has 20 heavy (non-hydrogen) atoms. The number of hydrogen-bond acceptors (Lipinski definition) is 3. The van der Waals surface area contributed by atoms with E-state index in [1.807, 2.05) is 0 Å². The first kappa shape index (κ1) is 15.3. The summed E-state index contributed by atoms with van der Waals surface area (Å²) in [5, 5.41) is 0. The number of thiocarbonyl (C=S) groups is 1. The van der Waals surface area contributed by atoms with Gasteiger partial charge in [-0.05, 0) is 45.0 Å². The van der Waals surface area contributed by atoms with Gasteiger partial charge in [-0.3, -0.25) is 4.90 Å². The van der Waals surface area contributed by atoms with Crippen LogP contribution in [0.4, 0.5) is 5.69 Å². The number of nitrogens with two attached hydrogens (primary N) is 1. The number of hydrogen-bond donors (Lipinski definition) is 1. The Morgan fingerprint density at radius 1 is 1.50 bits per heavy atom. The van der Waals surface area contributed by atoms with Crippen molar-refractivity contribution in [2.75, 3.05) is 31.6 Å². The quantitative estimate of drug-likeness (QED) is 0.845. The highest BCUT2D eigenvalue weighted by atomic mass is 32.1. The fourth-order valence-electron chi connectivity index (χ4n) is 3.11. The molecule has 2 rings (SSSR count). The normalized spacial score (nSPS) is 19.2. The second kappa shape index (κ2) is 6.55. The predicted octanol–water partition coefficient (Wildman–Crippen LogP) is 2.55. The van der Waals surface area contributed by atoms with E-state index in [1.165, 1.54) is 24.9 Å². The van der Waals surface area contributed by atoms with Crippen molar-refractivity contribution in [2.45, 2.75) is 32.7 Å². The van der Waals surface area contributed by atoms with Gasteiger partial charge >= 0.3 is 0 Å². The van der Waals surface area contributed by atoms with E-state index in [9.17, 15) is 0 Å². The van der Waals surface area contributed by atoms with E-state index in [1.54, 1.807) is 0 Å². The van der Waals surface area contributed by atoms with Gasteiger partial charge < -0.3 is 10.6 Å². The highest BCUT2D eigenvalue weighted by Crippen LogP contribution is 2.24. The molecule has 0 radical (unpaired) electrons. The fraction of sp³-hybridized carbons (Fsp3) is 0.562. The van der Waals surface area contributed by atoms with Crippen molar-refractivity contribution in [1.29, 1.82) is 0 Å². The topological polar surface area (TPSA) is 32.5 Å². The summed E-state index contributed by atoms with van der Waals surface area (Å²) in [6, 6.07) is 6.99. The summed E-state index contributed by atoms with van der Waals surface area (Å²) in [6.07, 6.45) is 2.59. The molecular formula is C16H25N3S. The molecule has 1 aromatic rings. The summed E-state index contributed by atoms with van der Waals surface area (Å²) in [5.74, 6) is 0. The lowest BCUT2D eigenvalue weighted by atomic mass is 10.1. The van der Waals surface area contributed by atoms with Crippen molar-refractivity contribution >= 4 is 22.9 Å². The fourth-order valence-corrected chi connectivity index (χ4v) is 3.28. The average molecular weight is 291 g/mol. The number of likely N-dealkylation sites (N-methyl/N-ethyl adjacent to an activating group) is 2. The van der Waals surface area contributed by atoms with Gasteiger partial charge in [0.1, 0.15) is 4.99 Å². The largest absolute Gasteiger partial charge is 0.389 e. The van der Waals surface area contributed by atoms with Gasteiger partial charge in [-0.15, -0.1) is 0 Å². The Morgan fingerprint density at radius 3 is 2.90 bits per heavy atom. The molecule has 0 bridgehead atoms. The molecule has 4 heteroatoms. The molecule has 0 saturated carbocycles. The smallest absolute Gasteiger partial charge is 0.106 e. The van der Waals surface area contributed by atoms with Crippen LogP contribution in [0.3, 0.4) is 0 Å². The van der Waals surface area contributed by atoms with Crippen LogP contribution in [0.1, 0.15) is 30.9 Å². The Bertz CT molecular complexity index is 487. The minimum Gasteiger partial charge on any atom is -0.389 e. The summed E-state index contributed by atoms with van der Waals surface area (Å²) in [4.78, 5) is 5.34. The molecule has 110 valence electrons. The minimum absolute atomic E-state index is 0.481. The van der Waals surface area contributed by atoms with Crippen LogP contribution in [0, 0.1) is 6.92 Å². The molecule has 2 N–H and O–H groups in total. The minimum atomic E-state index is 0.481. The Kier molecular flexibility index (Phi) is 5.00. The lowest BCUT2D eigenvalue weighted by Gasteiger charge is -2.30. The molecule has 0 amide bonds. The molecular weight excluding hydrogens is 266 g/mol. The van der Waals surface area contributed by atoms with E-state index < -0.39 is 0 Å². The monoisotopic (exact) mass is 291 g/mol. The predicted molar refractivity (Wildman–Crippen MR) is 90.6 cm³/mol. The van der Waals surface area contributed by atoms with Crippen molar-refractivity contribution in [2.24, 2.45) is 5.73 Å². The second-order valence-electron chi connectivity index (χ2n) is 5.69. The lowest BCUT2D eigenvalue weighted by molar-refractivity contribution is 0.270. The van der Waals surface area contributed by atoms with Crippen LogP contribution >= 0.6 is 12.2 Å². The van der Waals surface area contributed by atoms with Crippen molar-refractivity contribution in [3.8, 4) is 0 Å². The highest BCUT2D eigenvalue weighted by molar-refractivity contribution is 7.80. The van der Waals surface area contributed by atoms with Crippen LogP contribution in [0.5, 0.6) is 0 Å². The van der Waals surface area contributed by atoms with Crippen molar-refractivity contribution in [3.63, 3.8) is 0 Å². The number of rotatable bonds is 5. The van der Waals surface area contributed by atoms with Crippen LogP contribution < -0.4 is 10.6 Å². The Labute approximate surface area is 127 Å². The van der Waals surface area contributed by atoms with Gasteiger partial charge in [-0.25, -0.2) is 0 Å². The third-order valence-corrected chi connectivity index (χ3v) is 4.44. The van der Waals surface area contributed by atoms with Crippen LogP contribution in [-0.2, 0) is 0 Å². The third-order valence-electron chi connectivity index (χ3n) is 4.22. The molecule has 1 aliphatic rings. The summed E-state index contributed by atoms with van der Waals surface area (Å²) in [5.41, 5.74) is 9.21. The molecule has 1 aromatic carbocycles. The zero-order valence-corrected chi connectivity index (χ0v) is 13.5. The van der Waals surface area contributed by atoms with Crippen LogP contribution in [0.2, 0.25) is 0 Å². The number of benzene rings is 1. The molecule has 1 fully saturated rings. The Balaban J connectivity index is 2.16. The van der Waals surface area contributed by atoms with Crippen LogP contribution in [0.25, 0.3) is 0 Å². The van der Waals surface area contributed by atoms with Crippen molar-refractivity contribution in [1.82, 2.24) is 4.90 Å². The van der Waals surface area contributed by atoms with Gasteiger partial charge in [0.15, 0.2) is 0 Å². The molecule has 1 unspecified atom stereocenters. The van der Waals surface area contributed by atoms with E-state index >= 15 is 0 Å². The first-order valence-corrected chi connectivity index (χ1v) is 7.79. The Morgan fingerprint density at radius 2 is 2.25 bits per heavy atom. The molecule has 1 aliphatic heterocycles. The van der Waals surface area contributed by atoms with Gasteiger partial charge in [0, 0.05) is 30.9 Å². The summed E-state index contributed by atoms with van der Waals surface area (Å²) in [6.45, 7) is 7.71. The number of likely N-dealkylation sites (tertiary alicyclic amines) is 1. The number of nitrogens with zero attached hydrogens (tertiary/aromatic N) is 2. The molecule has 3 nitrogen and oxygen atoms in total. The molecule has 1 saturated heterocycles. The van der Waals surface area contributed by atoms with E-state index in [4.69, 9.17) is 18.0 Å². The third kappa shape index (κ3) is 3.30. The van der Waals surface area contributed by atoms with Gasteiger partial charge in [-0.1, -0.05) is 30.8 Å². The molecule has 0 spiro atoms. The summed E-state index contributed by atoms with van der Waals surface area (Å²) < 4.78 is 0. The standard InChI is InChI=1S/C16H25N3S/c1-4-19-9-5-6-13(19)11-18(3)15-8-7-12(2)10-14(15)16(17)20/h7-8,10,13H,4-6,9,11H2,1-3H3,(H2,17,20). The van der Waals surface area contributed by atoms with Crippen molar-refractivity contribution in [3.05, 3.63) is 29.3 Å². The molecule has 1 atom stereocenters. The SMILES string of the molecule is CCN1CCCC1CN(C)c1ccc(C)cc1C(N)=S. The first-order valence-electron chi connectivity index (χ1n) is 7.38. The van der Waals surface area contributed by atoms with Gasteiger partial charge in [0.2, 0.25) is 0 Å². The zero-order valence-electron chi connectivity index (χ0n) is 12.7. The molecule has 0 aliphatic carbocycles. The maximum Gasteiger partial charge on any atom is 0.106 e. The number of anilines is 1. The highest BCUT2D eigenvalue weighted by Gasteiger charge is 2.24. The summed E-state index contributed by atoms with van der Waals surface area (Å²) in [7, 11) is 2.14. The summed E-state index contributed by atoms with van der Waals surface area (Å²) >= 11 is 5.20. The van der Waals surface area contributed by atoms with Gasteiger partial charge in [0.05, 0.1) is 0 Å². The first-order chi connectivity index (χ1) is 9.52. The van der Waals surface area contributed by atoms with E-state index in [2.05, 4.69) is 48.9 Å². The maximum atomic E-state index is 5.88. The lowest BCUT2D eigenvalue weighted by Crippen LogP contribution is -2.39. The second-order valence-corrected chi connectivity index (χ2v) is 6.13.